The fourth-order valence-corrected chi connectivity index (χ4v) is 7.86. The van der Waals surface area contributed by atoms with E-state index in [1.807, 2.05) is 0 Å². The normalized spacial score (nSPS) is 55.0. The summed E-state index contributed by atoms with van der Waals surface area (Å²) in [6.45, 7) is 4.99. The van der Waals surface area contributed by atoms with Crippen LogP contribution in [0.15, 0.2) is 0 Å². The molecule has 4 fully saturated rings. The zero-order chi connectivity index (χ0) is 16.9. The van der Waals surface area contributed by atoms with Gasteiger partial charge >= 0.3 is 0 Å². The summed E-state index contributed by atoms with van der Waals surface area (Å²) in [4.78, 5) is 0. The summed E-state index contributed by atoms with van der Waals surface area (Å²) in [6.07, 6.45) is 14.1. The summed E-state index contributed by atoms with van der Waals surface area (Å²) in [5, 5.41) is 20.5. The minimum Gasteiger partial charge on any atom is -0.396 e. The smallest absolute Gasteiger partial charge is 0.0622 e. The number of rotatable bonds is 1. The molecule has 4 aliphatic rings. The zero-order valence-electron chi connectivity index (χ0n) is 15.8. The topological polar surface area (TPSA) is 40.5 Å². The van der Waals surface area contributed by atoms with Crippen LogP contribution < -0.4 is 0 Å². The van der Waals surface area contributed by atoms with Crippen molar-refractivity contribution in [3.63, 3.8) is 0 Å². The molecular formula is C22H38O2. The molecule has 0 bridgehead atoms. The molecule has 0 amide bonds. The first-order chi connectivity index (χ1) is 11.4. The Morgan fingerprint density at radius 2 is 1.58 bits per heavy atom. The Kier molecular flexibility index (Phi) is 4.53. The molecule has 0 spiro atoms. The van der Waals surface area contributed by atoms with Crippen LogP contribution in [0, 0.1) is 40.9 Å². The van der Waals surface area contributed by atoms with Crippen LogP contribution in [0.4, 0.5) is 0 Å². The molecule has 2 heteroatoms. The molecule has 0 saturated heterocycles. The third-order valence-corrected chi connectivity index (χ3v) is 9.15. The van der Waals surface area contributed by atoms with E-state index >= 15 is 0 Å². The predicted molar refractivity (Wildman–Crippen MR) is 97.5 cm³/mol. The fourth-order valence-electron chi connectivity index (χ4n) is 7.86. The maximum absolute atomic E-state index is 10.5. The second-order valence-electron chi connectivity index (χ2n) is 10.4. The lowest BCUT2D eigenvalue weighted by molar-refractivity contribution is -0.117. The van der Waals surface area contributed by atoms with Gasteiger partial charge in [-0.3, -0.25) is 0 Å². The van der Waals surface area contributed by atoms with E-state index < -0.39 is 5.60 Å². The van der Waals surface area contributed by atoms with Gasteiger partial charge in [0.1, 0.15) is 0 Å². The van der Waals surface area contributed by atoms with Gasteiger partial charge in [0, 0.05) is 6.61 Å². The molecule has 0 aromatic heterocycles. The van der Waals surface area contributed by atoms with Gasteiger partial charge in [0.05, 0.1) is 5.60 Å². The zero-order valence-corrected chi connectivity index (χ0v) is 15.8. The second kappa shape index (κ2) is 6.27. The molecule has 4 saturated carbocycles. The van der Waals surface area contributed by atoms with Crippen molar-refractivity contribution in [2.45, 2.75) is 90.1 Å². The van der Waals surface area contributed by atoms with Gasteiger partial charge in [-0.2, -0.15) is 0 Å². The van der Waals surface area contributed by atoms with Crippen molar-refractivity contribution in [1.29, 1.82) is 0 Å². The molecule has 2 N–H and O–H groups in total. The molecule has 0 heterocycles. The van der Waals surface area contributed by atoms with Crippen LogP contribution in [0.2, 0.25) is 0 Å². The van der Waals surface area contributed by atoms with E-state index in [0.717, 1.165) is 42.4 Å². The Balaban J connectivity index is 1.57. The molecule has 8 atom stereocenters. The van der Waals surface area contributed by atoms with E-state index in [1.165, 1.54) is 57.8 Å². The van der Waals surface area contributed by atoms with Crippen LogP contribution in [0.3, 0.4) is 0 Å². The monoisotopic (exact) mass is 334 g/mol. The first-order valence-corrected chi connectivity index (χ1v) is 10.8. The second-order valence-corrected chi connectivity index (χ2v) is 10.4. The summed E-state index contributed by atoms with van der Waals surface area (Å²) >= 11 is 0. The highest BCUT2D eigenvalue weighted by molar-refractivity contribution is 5.04. The highest BCUT2D eigenvalue weighted by Crippen LogP contribution is 2.62. The van der Waals surface area contributed by atoms with Crippen LogP contribution >= 0.6 is 0 Å². The molecule has 0 aromatic carbocycles. The Bertz CT molecular complexity index is 459. The third kappa shape index (κ3) is 2.76. The van der Waals surface area contributed by atoms with Crippen LogP contribution in [-0.4, -0.2) is 22.4 Å². The molecule has 0 radical (unpaired) electrons. The van der Waals surface area contributed by atoms with Crippen molar-refractivity contribution in [2.24, 2.45) is 40.9 Å². The summed E-state index contributed by atoms with van der Waals surface area (Å²) in [6, 6.07) is 0. The van der Waals surface area contributed by atoms with Crippen molar-refractivity contribution in [3.8, 4) is 0 Å². The van der Waals surface area contributed by atoms with Crippen molar-refractivity contribution in [3.05, 3.63) is 0 Å². The summed E-state index contributed by atoms with van der Waals surface area (Å²) in [7, 11) is 0. The minimum absolute atomic E-state index is 0.388. The molecular weight excluding hydrogens is 296 g/mol. The van der Waals surface area contributed by atoms with Crippen LogP contribution in [0.1, 0.15) is 84.5 Å². The van der Waals surface area contributed by atoms with Crippen molar-refractivity contribution in [1.82, 2.24) is 0 Å². The Morgan fingerprint density at radius 1 is 0.833 bits per heavy atom. The molecule has 4 aliphatic carbocycles. The standard InChI is InChI=1S/C22H38O2/c1-21(24)11-9-17-15(13-21)7-8-19-18(17)10-12-22(2)16(14-23)5-3-4-6-20(19)22/h15-20,23-24H,3-14H2,1-2H3/t15-,16?,17+,18-,19-,20+,21-,22-/m1/s1. The number of hydrogen-bond acceptors (Lipinski definition) is 2. The van der Waals surface area contributed by atoms with E-state index in [4.69, 9.17) is 0 Å². The lowest BCUT2D eigenvalue weighted by Crippen LogP contribution is -2.52. The van der Waals surface area contributed by atoms with Crippen LogP contribution in [0.5, 0.6) is 0 Å². The molecule has 0 aliphatic heterocycles. The lowest BCUT2D eigenvalue weighted by atomic mass is 9.47. The van der Waals surface area contributed by atoms with E-state index in [-0.39, 0.29) is 0 Å². The van der Waals surface area contributed by atoms with Crippen molar-refractivity contribution >= 4 is 0 Å². The first-order valence-electron chi connectivity index (χ1n) is 10.8. The summed E-state index contributed by atoms with van der Waals surface area (Å²) in [5.74, 6) is 4.86. The van der Waals surface area contributed by atoms with Crippen molar-refractivity contribution in [2.75, 3.05) is 6.61 Å². The molecule has 24 heavy (non-hydrogen) atoms. The Morgan fingerprint density at radius 3 is 2.38 bits per heavy atom. The molecule has 0 aromatic rings. The van der Waals surface area contributed by atoms with E-state index in [2.05, 4.69) is 13.8 Å². The van der Waals surface area contributed by atoms with Gasteiger partial charge in [-0.15, -0.1) is 0 Å². The van der Waals surface area contributed by atoms with Gasteiger partial charge in [-0.05, 0) is 106 Å². The Hall–Kier alpha value is -0.0800. The number of hydrogen-bond donors (Lipinski definition) is 2. The van der Waals surface area contributed by atoms with E-state index in [9.17, 15) is 10.2 Å². The summed E-state index contributed by atoms with van der Waals surface area (Å²) < 4.78 is 0. The van der Waals surface area contributed by atoms with Gasteiger partial charge in [0.25, 0.3) is 0 Å². The van der Waals surface area contributed by atoms with Gasteiger partial charge in [-0.25, -0.2) is 0 Å². The average Bonchev–Trinajstić information content (AvgIpc) is 2.71. The van der Waals surface area contributed by atoms with Crippen LogP contribution in [0.25, 0.3) is 0 Å². The minimum atomic E-state index is -0.401. The maximum atomic E-state index is 10.5. The molecule has 2 nitrogen and oxygen atoms in total. The molecule has 138 valence electrons. The predicted octanol–water partition coefficient (Wildman–Crippen LogP) is 4.78. The van der Waals surface area contributed by atoms with Crippen molar-refractivity contribution < 1.29 is 10.2 Å². The third-order valence-electron chi connectivity index (χ3n) is 9.15. The highest BCUT2D eigenvalue weighted by atomic mass is 16.3. The van der Waals surface area contributed by atoms with E-state index in [0.29, 0.717) is 17.9 Å². The van der Waals surface area contributed by atoms with E-state index in [1.54, 1.807) is 0 Å². The molecule has 1 unspecified atom stereocenters. The van der Waals surface area contributed by atoms with Gasteiger partial charge in [0.2, 0.25) is 0 Å². The Labute approximate surface area is 148 Å². The largest absolute Gasteiger partial charge is 0.396 e. The lowest BCUT2D eigenvalue weighted by Gasteiger charge is -2.59. The first kappa shape index (κ1) is 17.3. The quantitative estimate of drug-likeness (QED) is 0.724. The summed E-state index contributed by atoms with van der Waals surface area (Å²) in [5.41, 5.74) is -0.0130. The SMILES string of the molecule is C[C@@]1(O)CC[C@H]2[C@H](CC[C@@H]3[C@@H]2CC[C@]2(C)C(CO)CCCC[C@@H]32)C1. The number of aliphatic hydroxyl groups is 2. The fraction of sp³-hybridized carbons (Fsp3) is 1.00. The maximum Gasteiger partial charge on any atom is 0.0622 e. The number of aliphatic hydroxyl groups excluding tert-OH is 1. The molecule has 4 rings (SSSR count). The van der Waals surface area contributed by atoms with Gasteiger partial charge in [0.15, 0.2) is 0 Å². The van der Waals surface area contributed by atoms with Gasteiger partial charge in [-0.1, -0.05) is 19.8 Å². The number of fused-ring (bicyclic) bond motifs is 5. The van der Waals surface area contributed by atoms with Gasteiger partial charge < -0.3 is 10.2 Å². The highest BCUT2D eigenvalue weighted by Gasteiger charge is 2.55. The average molecular weight is 335 g/mol. The van der Waals surface area contributed by atoms with Crippen LogP contribution in [-0.2, 0) is 0 Å².